The van der Waals surface area contributed by atoms with E-state index in [9.17, 15) is 18.0 Å². The molecule has 2 aliphatic rings. The monoisotopic (exact) mass is 540 g/mol. The molecule has 39 heavy (non-hydrogen) atoms. The molecule has 0 atom stereocenters. The van der Waals surface area contributed by atoms with Crippen molar-refractivity contribution >= 4 is 18.1 Å². The van der Waals surface area contributed by atoms with Crippen LogP contribution < -0.4 is 5.32 Å². The number of morpholine rings is 1. The summed E-state index contributed by atoms with van der Waals surface area (Å²) in [5.41, 5.74) is 7.13. The summed E-state index contributed by atoms with van der Waals surface area (Å²) in [4.78, 5) is 22.4. The highest BCUT2D eigenvalue weighted by Gasteiger charge is 2.31. The first-order chi connectivity index (χ1) is 18.7. The fraction of sp³-hybridized carbons (Fsp3) is 0.310. The quantitative estimate of drug-likeness (QED) is 0.382. The van der Waals surface area contributed by atoms with Crippen LogP contribution in [-0.2, 0) is 17.6 Å². The number of benzene rings is 1. The number of fused-ring (bicyclic) bond motifs is 1. The molecule has 4 heterocycles. The van der Waals surface area contributed by atoms with Crippen molar-refractivity contribution in [2.75, 3.05) is 39.4 Å². The molecule has 0 radical (unpaired) electrons. The average Bonchev–Trinajstić information content (AvgIpc) is 3.38. The number of aromatic nitrogens is 2. The number of rotatable bonds is 6. The van der Waals surface area contributed by atoms with E-state index in [0.29, 0.717) is 6.54 Å². The molecule has 1 saturated heterocycles. The van der Waals surface area contributed by atoms with Crippen LogP contribution in [0.4, 0.5) is 13.2 Å². The molecule has 0 bridgehead atoms. The van der Waals surface area contributed by atoms with Gasteiger partial charge in [-0.25, -0.2) is 0 Å². The Bertz CT molecular complexity index is 1330. The number of allylic oxidation sites excluding steroid dienone is 1. The number of aromatic amines is 1. The highest BCUT2D eigenvalue weighted by Crippen LogP contribution is 2.25. The number of hydrogen-bond donors (Lipinski definition) is 3. The second kappa shape index (κ2) is 12.8. The van der Waals surface area contributed by atoms with Crippen LogP contribution in [0.15, 0.2) is 61.0 Å². The number of nitrogens with one attached hydrogen (secondary N) is 2. The van der Waals surface area contributed by atoms with E-state index in [0.717, 1.165) is 73.9 Å². The summed E-state index contributed by atoms with van der Waals surface area (Å²) in [6.07, 6.45) is 3.20. The Morgan fingerprint density at radius 3 is 2.64 bits per heavy atom. The maximum absolute atomic E-state index is 12.1. The lowest BCUT2D eigenvalue weighted by Gasteiger charge is -2.26. The van der Waals surface area contributed by atoms with Gasteiger partial charge in [-0.3, -0.25) is 14.7 Å². The standard InChI is InChI=1S/C26H28N4O2.C3H3F3O/c31-26-23-18-25(29-24(23)7-10-28-26)21-6-9-27-22(17-21)5-4-19-2-1-3-20(16-19)8-11-30-12-14-32-15-13-30;1-2(7)3(4,5)6/h1-6,9,16-18,29H,7-8,10-15H2,(H,28,31);7H,1H2/b5-4+;. The number of aliphatic hydroxyl groups is 1. The molecule has 1 fully saturated rings. The number of H-pyrrole nitrogens is 1. The van der Waals surface area contributed by atoms with Gasteiger partial charge in [-0.2, -0.15) is 13.2 Å². The molecule has 10 heteroatoms. The molecular weight excluding hydrogens is 509 g/mol. The van der Waals surface area contributed by atoms with Crippen molar-refractivity contribution in [2.45, 2.75) is 19.0 Å². The van der Waals surface area contributed by atoms with Crippen LogP contribution in [0.25, 0.3) is 23.4 Å². The van der Waals surface area contributed by atoms with Gasteiger partial charge in [-0.15, -0.1) is 0 Å². The van der Waals surface area contributed by atoms with E-state index in [-0.39, 0.29) is 5.91 Å². The maximum atomic E-state index is 12.1. The number of carbonyl (C=O) groups is 1. The predicted octanol–water partition coefficient (Wildman–Crippen LogP) is 5.03. The van der Waals surface area contributed by atoms with Crippen LogP contribution in [0, 0.1) is 0 Å². The first-order valence-electron chi connectivity index (χ1n) is 12.7. The average molecular weight is 541 g/mol. The van der Waals surface area contributed by atoms with Crippen molar-refractivity contribution < 1.29 is 27.8 Å². The van der Waals surface area contributed by atoms with Crippen LogP contribution in [0.3, 0.4) is 0 Å². The summed E-state index contributed by atoms with van der Waals surface area (Å²) in [5.74, 6) is -1.76. The van der Waals surface area contributed by atoms with Crippen LogP contribution in [0.1, 0.15) is 32.9 Å². The van der Waals surface area contributed by atoms with Gasteiger partial charge in [0.1, 0.15) is 0 Å². The molecular formula is C29H31F3N4O3. The van der Waals surface area contributed by atoms with Gasteiger partial charge >= 0.3 is 6.18 Å². The lowest BCUT2D eigenvalue weighted by atomic mass is 10.1. The van der Waals surface area contributed by atoms with Crippen molar-refractivity contribution in [1.82, 2.24) is 20.2 Å². The molecule has 2 aromatic heterocycles. The summed E-state index contributed by atoms with van der Waals surface area (Å²) in [7, 11) is 0. The number of ether oxygens (including phenoxy) is 1. The molecule has 2 aliphatic heterocycles. The number of amides is 1. The molecule has 3 aromatic rings. The summed E-state index contributed by atoms with van der Waals surface area (Å²) in [6.45, 7) is 7.74. The lowest BCUT2D eigenvalue weighted by Crippen LogP contribution is -2.37. The number of aliphatic hydroxyl groups excluding tert-OH is 1. The highest BCUT2D eigenvalue weighted by molar-refractivity contribution is 5.97. The zero-order valence-corrected chi connectivity index (χ0v) is 21.4. The lowest BCUT2D eigenvalue weighted by molar-refractivity contribution is -0.119. The fourth-order valence-corrected chi connectivity index (χ4v) is 4.30. The molecule has 1 aromatic carbocycles. The first-order valence-corrected chi connectivity index (χ1v) is 12.7. The Morgan fingerprint density at radius 1 is 1.15 bits per heavy atom. The number of pyridine rings is 1. The smallest absolute Gasteiger partial charge is 0.448 e. The van der Waals surface area contributed by atoms with Gasteiger partial charge in [0.15, 0.2) is 5.76 Å². The van der Waals surface area contributed by atoms with Crippen molar-refractivity contribution in [3.05, 3.63) is 89.1 Å². The first kappa shape index (κ1) is 28.1. The topological polar surface area (TPSA) is 90.5 Å². The predicted molar refractivity (Wildman–Crippen MR) is 144 cm³/mol. The molecule has 0 saturated carbocycles. The summed E-state index contributed by atoms with van der Waals surface area (Å²) < 4.78 is 37.9. The van der Waals surface area contributed by atoms with Gasteiger partial charge in [0, 0.05) is 55.7 Å². The number of alkyl halides is 3. The van der Waals surface area contributed by atoms with E-state index >= 15 is 0 Å². The van der Waals surface area contributed by atoms with Crippen LogP contribution in [0.2, 0.25) is 0 Å². The molecule has 0 spiro atoms. The summed E-state index contributed by atoms with van der Waals surface area (Å²) >= 11 is 0. The highest BCUT2D eigenvalue weighted by atomic mass is 19.4. The third-order valence-electron chi connectivity index (χ3n) is 6.44. The number of nitrogens with zero attached hydrogens (tertiary/aromatic N) is 2. The van der Waals surface area contributed by atoms with E-state index in [1.54, 1.807) is 0 Å². The third-order valence-corrected chi connectivity index (χ3v) is 6.44. The van der Waals surface area contributed by atoms with Gasteiger partial charge < -0.3 is 20.1 Å². The summed E-state index contributed by atoms with van der Waals surface area (Å²) in [5, 5.41) is 10.5. The molecule has 0 unspecified atom stereocenters. The van der Waals surface area contributed by atoms with Gasteiger partial charge in [-0.05, 0) is 41.8 Å². The van der Waals surface area contributed by atoms with Crippen LogP contribution in [0.5, 0.6) is 0 Å². The van der Waals surface area contributed by atoms with Crippen molar-refractivity contribution in [1.29, 1.82) is 0 Å². The fourth-order valence-electron chi connectivity index (χ4n) is 4.30. The van der Waals surface area contributed by atoms with E-state index in [2.05, 4.69) is 57.1 Å². The number of carbonyl (C=O) groups excluding carboxylic acids is 1. The zero-order chi connectivity index (χ0) is 27.8. The number of hydrogen-bond acceptors (Lipinski definition) is 5. The zero-order valence-electron chi connectivity index (χ0n) is 21.4. The Morgan fingerprint density at radius 2 is 1.92 bits per heavy atom. The molecule has 7 nitrogen and oxygen atoms in total. The van der Waals surface area contributed by atoms with Crippen LogP contribution >= 0.6 is 0 Å². The normalized spacial score (nSPS) is 15.8. The maximum Gasteiger partial charge on any atom is 0.448 e. The minimum atomic E-state index is -4.64. The Balaban J connectivity index is 0.000000448. The largest absolute Gasteiger partial charge is 0.505 e. The van der Waals surface area contributed by atoms with Crippen molar-refractivity contribution in [3.63, 3.8) is 0 Å². The van der Waals surface area contributed by atoms with Gasteiger partial charge in [0.2, 0.25) is 0 Å². The summed E-state index contributed by atoms with van der Waals surface area (Å²) in [6, 6.07) is 14.6. The molecule has 3 N–H and O–H groups in total. The second-order valence-corrected chi connectivity index (χ2v) is 9.28. The van der Waals surface area contributed by atoms with Gasteiger partial charge in [0.25, 0.3) is 5.91 Å². The van der Waals surface area contributed by atoms with Gasteiger partial charge in [0.05, 0.1) is 24.5 Å². The van der Waals surface area contributed by atoms with E-state index in [4.69, 9.17) is 9.84 Å². The minimum Gasteiger partial charge on any atom is -0.505 e. The molecule has 206 valence electrons. The molecule has 5 rings (SSSR count). The van der Waals surface area contributed by atoms with Crippen LogP contribution in [-0.4, -0.2) is 71.5 Å². The van der Waals surface area contributed by atoms with E-state index in [1.165, 1.54) is 11.1 Å². The van der Waals surface area contributed by atoms with Crippen molar-refractivity contribution in [2.24, 2.45) is 0 Å². The SMILES string of the molecule is C=C(O)C(F)(F)F.O=C1NCCc2[nH]c(-c3ccnc(/C=C/c4cccc(CCN5CCOCC5)c4)c3)cc21. The Labute approximate surface area is 225 Å². The van der Waals surface area contributed by atoms with Gasteiger partial charge in [-0.1, -0.05) is 36.9 Å². The molecule has 1 amide bonds. The minimum absolute atomic E-state index is 0.00331. The third kappa shape index (κ3) is 8.05. The molecule has 0 aliphatic carbocycles. The Hall–Kier alpha value is -3.89. The van der Waals surface area contributed by atoms with E-state index < -0.39 is 11.9 Å². The Kier molecular flexibility index (Phi) is 9.21. The number of halogens is 3. The van der Waals surface area contributed by atoms with Crippen molar-refractivity contribution in [3.8, 4) is 11.3 Å². The van der Waals surface area contributed by atoms with E-state index in [1.807, 2.05) is 30.5 Å². The second-order valence-electron chi connectivity index (χ2n) is 9.28.